The lowest BCUT2D eigenvalue weighted by molar-refractivity contribution is -0.278. The standard InChI is InChI=1S/C32H36O18/c1-12-22(37)25(40)27(42)31(46-12)50-30-24(39)21-16(33)9-15(10-17(21)48-29(30)13-3-5-14(44-2)6-4-13)47-32-28(43)26(41)23(38)18(49-32)11-45-20(36)8-7-19(34)35/h3-6,9-10,12,18,22-23,25-28,31-33,37-38,40-43H,7-8,11H2,1-2H3,(H,34,35)/t12-,18+,22-,23+,25+,26-,27+,28+,31-,32+/m0/s1. The number of aliphatic hydroxyl groups is 6. The number of ether oxygens (including phenoxy) is 6. The van der Waals surface area contributed by atoms with Crippen LogP contribution in [0.2, 0.25) is 0 Å². The zero-order valence-electron chi connectivity index (χ0n) is 26.5. The molecule has 2 aromatic carbocycles. The van der Waals surface area contributed by atoms with Crippen LogP contribution in [0, 0.1) is 0 Å². The van der Waals surface area contributed by atoms with Crippen molar-refractivity contribution in [3.8, 4) is 34.3 Å². The van der Waals surface area contributed by atoms with Crippen LogP contribution in [0.4, 0.5) is 0 Å². The van der Waals surface area contributed by atoms with E-state index in [9.17, 15) is 50.1 Å². The van der Waals surface area contributed by atoms with Crippen molar-refractivity contribution in [2.24, 2.45) is 0 Å². The number of methoxy groups -OCH3 is 1. The fourth-order valence-electron chi connectivity index (χ4n) is 5.33. The number of fused-ring (bicyclic) bond motifs is 1. The van der Waals surface area contributed by atoms with E-state index in [1.54, 1.807) is 12.1 Å². The third-order valence-electron chi connectivity index (χ3n) is 8.17. The lowest BCUT2D eigenvalue weighted by Crippen LogP contribution is -2.60. The molecule has 0 unspecified atom stereocenters. The Morgan fingerprint density at radius 1 is 0.800 bits per heavy atom. The zero-order chi connectivity index (χ0) is 36.4. The van der Waals surface area contributed by atoms with Crippen LogP contribution in [0.25, 0.3) is 22.3 Å². The Hall–Kier alpha value is -4.53. The number of carboxylic acids is 1. The maximum atomic E-state index is 13.9. The molecule has 0 radical (unpaired) electrons. The van der Waals surface area contributed by atoms with E-state index in [1.165, 1.54) is 26.2 Å². The molecule has 2 fully saturated rings. The summed E-state index contributed by atoms with van der Waals surface area (Å²) in [5.41, 5.74) is -0.956. The highest BCUT2D eigenvalue weighted by Gasteiger charge is 2.46. The Balaban J connectivity index is 1.48. The van der Waals surface area contributed by atoms with Gasteiger partial charge in [-0.25, -0.2) is 0 Å². The average Bonchev–Trinajstić information content (AvgIpc) is 3.09. The number of esters is 1. The summed E-state index contributed by atoms with van der Waals surface area (Å²) in [5.74, 6) is -3.41. The van der Waals surface area contributed by atoms with Crippen molar-refractivity contribution in [1.82, 2.24) is 0 Å². The quantitative estimate of drug-likeness (QED) is 0.111. The van der Waals surface area contributed by atoms with Crippen LogP contribution >= 0.6 is 0 Å². The predicted molar refractivity (Wildman–Crippen MR) is 164 cm³/mol. The summed E-state index contributed by atoms with van der Waals surface area (Å²) in [7, 11) is 1.44. The van der Waals surface area contributed by atoms with Gasteiger partial charge in [-0.05, 0) is 31.2 Å². The number of aliphatic hydroxyl groups excluding tert-OH is 6. The van der Waals surface area contributed by atoms with E-state index in [-0.39, 0.29) is 22.7 Å². The van der Waals surface area contributed by atoms with E-state index in [1.807, 2.05) is 0 Å². The number of rotatable bonds is 11. The molecule has 2 aliphatic rings. The van der Waals surface area contributed by atoms with E-state index in [2.05, 4.69) is 0 Å². The number of phenols is 1. The van der Waals surface area contributed by atoms with Gasteiger partial charge in [-0.1, -0.05) is 0 Å². The molecule has 8 N–H and O–H groups in total. The Morgan fingerprint density at radius 3 is 2.08 bits per heavy atom. The normalized spacial score (nSPS) is 29.7. The number of phenolic OH excluding ortho intramolecular Hbond substituents is 1. The molecule has 0 bridgehead atoms. The summed E-state index contributed by atoms with van der Waals surface area (Å²) in [6.07, 6.45) is -17.2. The number of aliphatic carboxylic acids is 1. The largest absolute Gasteiger partial charge is 0.507 e. The zero-order valence-corrected chi connectivity index (χ0v) is 26.5. The van der Waals surface area contributed by atoms with E-state index in [0.717, 1.165) is 12.1 Å². The molecule has 50 heavy (non-hydrogen) atoms. The first-order valence-corrected chi connectivity index (χ1v) is 15.3. The highest BCUT2D eigenvalue weighted by molar-refractivity contribution is 5.88. The Bertz CT molecular complexity index is 1740. The van der Waals surface area contributed by atoms with Gasteiger partial charge in [0.05, 0.1) is 26.1 Å². The fourth-order valence-corrected chi connectivity index (χ4v) is 5.33. The minimum absolute atomic E-state index is 0.219. The molecule has 18 heteroatoms. The molecular formula is C32H36O18. The van der Waals surface area contributed by atoms with E-state index < -0.39 is 115 Å². The number of carbonyl (C=O) groups excluding carboxylic acids is 1. The van der Waals surface area contributed by atoms with Gasteiger partial charge < -0.3 is 73.7 Å². The van der Waals surface area contributed by atoms with E-state index >= 15 is 0 Å². The second-order valence-corrected chi connectivity index (χ2v) is 11.6. The monoisotopic (exact) mass is 708 g/mol. The third-order valence-corrected chi connectivity index (χ3v) is 8.17. The van der Waals surface area contributed by atoms with Gasteiger partial charge >= 0.3 is 11.9 Å². The Morgan fingerprint density at radius 2 is 1.44 bits per heavy atom. The lowest BCUT2D eigenvalue weighted by Gasteiger charge is -2.39. The van der Waals surface area contributed by atoms with Gasteiger partial charge in [0.1, 0.15) is 77.6 Å². The molecular weight excluding hydrogens is 672 g/mol. The first-order chi connectivity index (χ1) is 23.7. The summed E-state index contributed by atoms with van der Waals surface area (Å²) in [6.45, 7) is 0.782. The maximum Gasteiger partial charge on any atom is 0.306 e. The summed E-state index contributed by atoms with van der Waals surface area (Å²) in [5, 5.41) is 81.6. The number of hydrogen-bond donors (Lipinski definition) is 8. The number of carboxylic acid groups (broad SMARTS) is 1. The van der Waals surface area contributed by atoms with Gasteiger partial charge in [-0.2, -0.15) is 0 Å². The van der Waals surface area contributed by atoms with Crippen molar-refractivity contribution in [3.63, 3.8) is 0 Å². The number of hydrogen-bond acceptors (Lipinski definition) is 17. The van der Waals surface area contributed by atoms with Crippen molar-refractivity contribution in [1.29, 1.82) is 0 Å². The predicted octanol–water partition coefficient (Wildman–Crippen LogP) is -1.03. The molecule has 0 spiro atoms. The molecule has 3 aromatic rings. The second kappa shape index (κ2) is 15.2. The minimum atomic E-state index is -1.86. The summed E-state index contributed by atoms with van der Waals surface area (Å²) in [6, 6.07) is 8.24. The van der Waals surface area contributed by atoms with Crippen LogP contribution in [0.15, 0.2) is 45.6 Å². The number of aromatic hydroxyl groups is 1. The first-order valence-electron chi connectivity index (χ1n) is 15.3. The van der Waals surface area contributed by atoms with Crippen molar-refractivity contribution in [3.05, 3.63) is 46.6 Å². The fraction of sp³-hybridized carbons (Fsp3) is 0.469. The molecule has 2 saturated heterocycles. The van der Waals surface area contributed by atoms with E-state index in [0.29, 0.717) is 5.75 Å². The van der Waals surface area contributed by atoms with Crippen molar-refractivity contribution < 1.29 is 83.3 Å². The van der Waals surface area contributed by atoms with Crippen LogP contribution in [0.1, 0.15) is 19.8 Å². The summed E-state index contributed by atoms with van der Waals surface area (Å²) < 4.78 is 38.6. The van der Waals surface area contributed by atoms with Crippen LogP contribution in [0.5, 0.6) is 23.0 Å². The van der Waals surface area contributed by atoms with Crippen LogP contribution in [-0.2, 0) is 23.8 Å². The topological polar surface area (TPSA) is 282 Å². The summed E-state index contributed by atoms with van der Waals surface area (Å²) in [4.78, 5) is 36.5. The molecule has 2 aliphatic heterocycles. The van der Waals surface area contributed by atoms with Gasteiger partial charge in [0.2, 0.25) is 23.8 Å². The molecule has 5 rings (SSSR count). The Kier molecular flexibility index (Phi) is 11.1. The second-order valence-electron chi connectivity index (χ2n) is 11.6. The summed E-state index contributed by atoms with van der Waals surface area (Å²) >= 11 is 0. The van der Waals surface area contributed by atoms with Crippen LogP contribution in [-0.4, -0.2) is 128 Å². The number of carbonyl (C=O) groups is 2. The van der Waals surface area contributed by atoms with Gasteiger partial charge in [-0.15, -0.1) is 0 Å². The average molecular weight is 709 g/mol. The smallest absolute Gasteiger partial charge is 0.306 e. The molecule has 0 aliphatic carbocycles. The molecule has 10 atom stereocenters. The van der Waals surface area contributed by atoms with E-state index in [4.69, 9.17) is 37.9 Å². The van der Waals surface area contributed by atoms with Gasteiger partial charge in [0, 0.05) is 17.7 Å². The highest BCUT2D eigenvalue weighted by Crippen LogP contribution is 2.38. The Labute approximate surface area is 282 Å². The van der Waals surface area contributed by atoms with Gasteiger partial charge in [-0.3, -0.25) is 14.4 Å². The molecule has 0 saturated carbocycles. The van der Waals surface area contributed by atoms with Crippen LogP contribution < -0.4 is 19.6 Å². The minimum Gasteiger partial charge on any atom is -0.507 e. The first kappa shape index (κ1) is 36.7. The van der Waals surface area contributed by atoms with Crippen LogP contribution in [0.3, 0.4) is 0 Å². The molecule has 3 heterocycles. The highest BCUT2D eigenvalue weighted by atomic mass is 16.7. The third kappa shape index (κ3) is 7.62. The molecule has 0 amide bonds. The molecule has 272 valence electrons. The lowest BCUT2D eigenvalue weighted by atomic mass is 9.99. The molecule has 18 nitrogen and oxygen atoms in total. The number of benzene rings is 2. The SMILES string of the molecule is COc1ccc(-c2oc3cc(O[C@@H]4O[C@H](COC(=O)CCC(=O)O)[C@@H](O)[C@H](O)[C@H]4O)cc(O)c3c(=O)c2O[C@@H]2O[C@@H](C)[C@H](O)[C@@H](O)[C@H]2O)cc1. The van der Waals surface area contributed by atoms with Crippen molar-refractivity contribution in [2.75, 3.05) is 13.7 Å². The van der Waals surface area contributed by atoms with Gasteiger partial charge in [0.15, 0.2) is 5.76 Å². The van der Waals surface area contributed by atoms with Gasteiger partial charge in [0.25, 0.3) is 0 Å². The van der Waals surface area contributed by atoms with Crippen molar-refractivity contribution >= 4 is 22.9 Å². The van der Waals surface area contributed by atoms with Crippen molar-refractivity contribution in [2.45, 2.75) is 81.2 Å². The maximum absolute atomic E-state index is 13.9. The molecule has 1 aromatic heterocycles.